The van der Waals surface area contributed by atoms with E-state index >= 15 is 0 Å². The maximum atomic E-state index is 12.8. The fraction of sp³-hybridized carbons (Fsp3) is 0.158. The summed E-state index contributed by atoms with van der Waals surface area (Å²) in [6, 6.07) is 11.5. The number of pyridine rings is 1. The van der Waals surface area contributed by atoms with Crippen LogP contribution >= 0.6 is 0 Å². The van der Waals surface area contributed by atoms with Gasteiger partial charge in [-0.05, 0) is 30.3 Å². The van der Waals surface area contributed by atoms with E-state index in [-0.39, 0.29) is 5.75 Å². The summed E-state index contributed by atoms with van der Waals surface area (Å²) in [5, 5.41) is 0.404. The van der Waals surface area contributed by atoms with Gasteiger partial charge in [-0.25, -0.2) is 0 Å². The maximum Gasteiger partial charge on any atom is 0.322 e. The number of ether oxygens (including phenoxy) is 2. The molecule has 1 atom stereocenters. The van der Waals surface area contributed by atoms with Crippen LogP contribution < -0.4 is 9.47 Å². The Bertz CT molecular complexity index is 1060. The number of H-pyrrole nitrogens is 1. The van der Waals surface area contributed by atoms with Crippen molar-refractivity contribution < 1.29 is 14.0 Å². The highest BCUT2D eigenvalue weighted by molar-refractivity contribution is 7.90. The number of benzene rings is 1. The van der Waals surface area contributed by atoms with E-state index in [1.165, 1.54) is 7.11 Å². The molecule has 1 aromatic carbocycles. The topological polar surface area (TPSA) is 88.0 Å². The second-order valence-corrected chi connectivity index (χ2v) is 7.18. The van der Waals surface area contributed by atoms with E-state index in [1.807, 2.05) is 47.3 Å². The zero-order chi connectivity index (χ0) is 18.8. The molecule has 0 aliphatic rings. The highest BCUT2D eigenvalue weighted by atomic mass is 32.2. The van der Waals surface area contributed by atoms with Gasteiger partial charge in [0.15, 0.2) is 17.3 Å². The second-order valence-electron chi connectivity index (χ2n) is 5.82. The summed E-state index contributed by atoms with van der Waals surface area (Å²) in [4.78, 5) is 11.9. The van der Waals surface area contributed by atoms with Crippen LogP contribution in [0.4, 0.5) is 0 Å². The maximum absolute atomic E-state index is 12.8. The highest BCUT2D eigenvalue weighted by Crippen LogP contribution is 2.31. The van der Waals surface area contributed by atoms with E-state index in [0.29, 0.717) is 22.3 Å². The first kappa shape index (κ1) is 17.4. The number of hydrogen-bond donors (Lipinski definition) is 1. The zero-order valence-electron chi connectivity index (χ0n) is 14.9. The summed E-state index contributed by atoms with van der Waals surface area (Å²) in [7, 11) is 3.09. The minimum Gasteiger partial charge on any atom is -0.609 e. The Morgan fingerprint density at radius 2 is 1.96 bits per heavy atom. The second kappa shape index (κ2) is 7.34. The zero-order valence-corrected chi connectivity index (χ0v) is 15.7. The van der Waals surface area contributed by atoms with Crippen molar-refractivity contribution in [1.29, 1.82) is 0 Å². The molecule has 3 aromatic heterocycles. The number of rotatable bonds is 6. The van der Waals surface area contributed by atoms with Crippen molar-refractivity contribution in [3.05, 3.63) is 60.7 Å². The summed E-state index contributed by atoms with van der Waals surface area (Å²) in [5.74, 6) is 1.21. The molecule has 1 N–H and O–H groups in total. The molecule has 7 nitrogen and oxygen atoms in total. The number of hydrogen-bond acceptors (Lipinski definition) is 5. The first-order valence-corrected chi connectivity index (χ1v) is 9.59. The van der Waals surface area contributed by atoms with Crippen molar-refractivity contribution >= 4 is 22.2 Å². The lowest BCUT2D eigenvalue weighted by Gasteiger charge is -2.12. The third-order valence-corrected chi connectivity index (χ3v) is 5.36. The minimum absolute atomic E-state index is 0.171. The SMILES string of the molecule is COc1ccnc(C[S@@+]([O-])c2nc3cc(-n4cccc4)ccc3[nH]2)c1OC. The first-order valence-electron chi connectivity index (χ1n) is 8.27. The third kappa shape index (κ3) is 3.36. The van der Waals surface area contributed by atoms with Crippen LogP contribution in [0.25, 0.3) is 16.7 Å². The van der Waals surface area contributed by atoms with Crippen molar-refractivity contribution in [3.8, 4) is 17.2 Å². The van der Waals surface area contributed by atoms with Gasteiger partial charge in [0.2, 0.25) is 0 Å². The molecule has 0 aliphatic heterocycles. The smallest absolute Gasteiger partial charge is 0.322 e. The molecular weight excluding hydrogens is 364 g/mol. The van der Waals surface area contributed by atoms with Gasteiger partial charge in [0.1, 0.15) is 5.69 Å². The monoisotopic (exact) mass is 382 g/mol. The normalized spacial score (nSPS) is 12.3. The van der Waals surface area contributed by atoms with Crippen LogP contribution in [-0.2, 0) is 16.9 Å². The molecule has 0 spiro atoms. The van der Waals surface area contributed by atoms with Gasteiger partial charge in [-0.15, -0.1) is 0 Å². The lowest BCUT2D eigenvalue weighted by atomic mass is 10.3. The molecule has 138 valence electrons. The summed E-state index contributed by atoms with van der Waals surface area (Å²) in [6.45, 7) is 0. The summed E-state index contributed by atoms with van der Waals surface area (Å²) < 4.78 is 25.5. The van der Waals surface area contributed by atoms with Crippen molar-refractivity contribution in [1.82, 2.24) is 19.5 Å². The van der Waals surface area contributed by atoms with Crippen LogP contribution in [0, 0.1) is 0 Å². The molecule has 0 radical (unpaired) electrons. The third-order valence-electron chi connectivity index (χ3n) is 4.20. The lowest BCUT2D eigenvalue weighted by Crippen LogP contribution is -2.10. The fourth-order valence-electron chi connectivity index (χ4n) is 2.89. The van der Waals surface area contributed by atoms with E-state index in [9.17, 15) is 4.55 Å². The number of imidazole rings is 1. The molecule has 0 saturated carbocycles. The van der Waals surface area contributed by atoms with E-state index < -0.39 is 11.2 Å². The highest BCUT2D eigenvalue weighted by Gasteiger charge is 2.22. The van der Waals surface area contributed by atoms with Crippen LogP contribution in [0.5, 0.6) is 11.5 Å². The Kier molecular flexibility index (Phi) is 4.74. The van der Waals surface area contributed by atoms with E-state index in [2.05, 4.69) is 15.0 Å². The van der Waals surface area contributed by atoms with Crippen LogP contribution in [-0.4, -0.2) is 38.3 Å². The molecule has 4 rings (SSSR count). The van der Waals surface area contributed by atoms with Crippen molar-refractivity contribution in [2.75, 3.05) is 14.2 Å². The Labute approximate surface area is 159 Å². The van der Waals surface area contributed by atoms with Gasteiger partial charge in [-0.3, -0.25) is 9.97 Å². The van der Waals surface area contributed by atoms with Crippen LogP contribution in [0.2, 0.25) is 0 Å². The molecule has 0 aliphatic carbocycles. The predicted octanol–water partition coefficient (Wildman–Crippen LogP) is 3.07. The Morgan fingerprint density at radius 3 is 2.70 bits per heavy atom. The molecular formula is C19H18N4O3S. The molecule has 0 saturated heterocycles. The van der Waals surface area contributed by atoms with Crippen LogP contribution in [0.15, 0.2) is 60.1 Å². The molecule has 27 heavy (non-hydrogen) atoms. The number of methoxy groups -OCH3 is 2. The predicted molar refractivity (Wildman–Crippen MR) is 103 cm³/mol. The Balaban J connectivity index is 1.62. The Morgan fingerprint density at radius 1 is 1.15 bits per heavy atom. The molecule has 0 fully saturated rings. The average molecular weight is 382 g/mol. The molecule has 0 bridgehead atoms. The summed E-state index contributed by atoms with van der Waals surface area (Å²) in [5.41, 5.74) is 3.14. The molecule has 8 heteroatoms. The van der Waals surface area contributed by atoms with Crippen molar-refractivity contribution in [2.24, 2.45) is 0 Å². The Hall–Kier alpha value is -2.97. The number of nitrogens with one attached hydrogen (secondary N) is 1. The minimum atomic E-state index is -1.40. The van der Waals surface area contributed by atoms with Gasteiger partial charge in [0.05, 0.1) is 25.3 Å². The molecule has 0 amide bonds. The van der Waals surface area contributed by atoms with Gasteiger partial charge in [0, 0.05) is 41.5 Å². The van der Waals surface area contributed by atoms with Crippen LogP contribution in [0.3, 0.4) is 0 Å². The van der Waals surface area contributed by atoms with Crippen LogP contribution in [0.1, 0.15) is 5.69 Å². The first-order chi connectivity index (χ1) is 13.2. The summed E-state index contributed by atoms with van der Waals surface area (Å²) >= 11 is -1.40. The van der Waals surface area contributed by atoms with Crippen molar-refractivity contribution in [3.63, 3.8) is 0 Å². The molecule has 4 aromatic rings. The van der Waals surface area contributed by atoms with Gasteiger partial charge in [-0.2, -0.15) is 4.98 Å². The van der Waals surface area contributed by atoms with E-state index in [0.717, 1.165) is 16.7 Å². The van der Waals surface area contributed by atoms with Gasteiger partial charge < -0.3 is 18.6 Å². The largest absolute Gasteiger partial charge is 0.609 e. The standard InChI is InChI=1S/C19H18N4O3S/c1-25-17-7-8-20-16(18(17)26-2)12-27(24)19-21-14-6-5-13(11-15(14)22-19)23-9-3-4-10-23/h3-11H,12H2,1-2H3,(H,21,22)/t27-/m1/s1. The van der Waals surface area contributed by atoms with Gasteiger partial charge >= 0.3 is 5.16 Å². The average Bonchev–Trinajstić information content (AvgIpc) is 3.36. The number of aromatic nitrogens is 4. The number of fused-ring (bicyclic) bond motifs is 1. The quantitative estimate of drug-likeness (QED) is 0.518. The summed E-state index contributed by atoms with van der Waals surface area (Å²) in [6.07, 6.45) is 5.54. The van der Waals surface area contributed by atoms with Gasteiger partial charge in [-0.1, -0.05) is 0 Å². The number of aromatic amines is 1. The van der Waals surface area contributed by atoms with Crippen molar-refractivity contribution in [2.45, 2.75) is 10.9 Å². The molecule has 3 heterocycles. The lowest BCUT2D eigenvalue weighted by molar-refractivity contribution is 0.350. The van der Waals surface area contributed by atoms with E-state index in [1.54, 1.807) is 19.4 Å². The number of nitrogens with zero attached hydrogens (tertiary/aromatic N) is 3. The van der Waals surface area contributed by atoms with Gasteiger partial charge in [0.25, 0.3) is 0 Å². The fourth-order valence-corrected chi connectivity index (χ4v) is 3.91. The molecule has 0 unspecified atom stereocenters. The van der Waals surface area contributed by atoms with E-state index in [4.69, 9.17) is 9.47 Å².